The van der Waals surface area contributed by atoms with Crippen molar-refractivity contribution in [3.05, 3.63) is 107 Å². The van der Waals surface area contributed by atoms with Crippen LogP contribution in [0.15, 0.2) is 85.0 Å². The predicted octanol–water partition coefficient (Wildman–Crippen LogP) is 4.37. The Kier molecular flexibility index (Phi) is 3.67. The highest BCUT2D eigenvalue weighted by Crippen LogP contribution is 2.50. The van der Waals surface area contributed by atoms with Crippen LogP contribution in [0.3, 0.4) is 0 Å². The maximum absolute atomic E-state index is 14.9. The fraction of sp³-hybridized carbons (Fsp3) is 0.0870. The molecular weight excluding hydrogens is 381 g/mol. The van der Waals surface area contributed by atoms with Crippen LogP contribution in [0.5, 0.6) is 5.75 Å². The number of aromatic nitrogens is 4. The average molecular weight is 397 g/mol. The van der Waals surface area contributed by atoms with Gasteiger partial charge < -0.3 is 10.1 Å². The van der Waals surface area contributed by atoms with Gasteiger partial charge in [0.2, 0.25) is 5.95 Å². The fourth-order valence-corrected chi connectivity index (χ4v) is 4.22. The van der Waals surface area contributed by atoms with Crippen molar-refractivity contribution in [2.75, 3.05) is 5.32 Å². The number of nitrogens with zero attached hydrogens (tertiary/aromatic N) is 4. The lowest BCUT2D eigenvalue weighted by molar-refractivity contribution is 0.218. The van der Waals surface area contributed by atoms with Crippen molar-refractivity contribution in [2.24, 2.45) is 0 Å². The Morgan fingerprint density at radius 3 is 2.73 bits per heavy atom. The number of fused-ring (bicyclic) bond motifs is 3. The molecule has 0 bridgehead atoms. The minimum absolute atomic E-state index is 0.317. The first kappa shape index (κ1) is 16.9. The third-order valence-corrected chi connectivity index (χ3v) is 5.51. The van der Waals surface area contributed by atoms with E-state index in [2.05, 4.69) is 20.4 Å². The lowest BCUT2D eigenvalue weighted by atomic mass is 9.85. The number of hydrogen-bond acceptors (Lipinski definition) is 5. The van der Waals surface area contributed by atoms with Gasteiger partial charge in [-0.05, 0) is 29.8 Å². The van der Waals surface area contributed by atoms with E-state index in [1.54, 1.807) is 29.2 Å². The third kappa shape index (κ3) is 2.45. The molecule has 4 heterocycles. The van der Waals surface area contributed by atoms with Gasteiger partial charge in [0.1, 0.15) is 23.9 Å². The summed E-state index contributed by atoms with van der Waals surface area (Å²) in [5.41, 5.74) is 4.02. The van der Waals surface area contributed by atoms with Gasteiger partial charge in [0.05, 0.1) is 5.70 Å². The van der Waals surface area contributed by atoms with Gasteiger partial charge in [0.15, 0.2) is 6.10 Å². The van der Waals surface area contributed by atoms with Crippen LogP contribution in [0, 0.1) is 5.82 Å². The van der Waals surface area contributed by atoms with E-state index in [4.69, 9.17) is 4.74 Å². The highest BCUT2D eigenvalue weighted by Gasteiger charge is 2.41. The summed E-state index contributed by atoms with van der Waals surface area (Å²) < 4.78 is 23.1. The third-order valence-electron chi connectivity index (χ3n) is 5.51. The topological polar surface area (TPSA) is 64.9 Å². The monoisotopic (exact) mass is 397 g/mol. The van der Waals surface area contributed by atoms with Gasteiger partial charge in [-0.25, -0.2) is 9.07 Å². The molecule has 146 valence electrons. The fourth-order valence-electron chi connectivity index (χ4n) is 4.22. The second kappa shape index (κ2) is 6.52. The molecule has 1 N–H and O–H groups in total. The number of ether oxygens (including phenoxy) is 1. The van der Waals surface area contributed by atoms with E-state index >= 15 is 0 Å². The molecule has 0 spiro atoms. The molecule has 0 fully saturated rings. The number of anilines is 1. The first-order valence-electron chi connectivity index (χ1n) is 9.62. The summed E-state index contributed by atoms with van der Waals surface area (Å²) in [6, 6.07) is 18.0. The van der Waals surface area contributed by atoms with Gasteiger partial charge in [-0.15, -0.1) is 0 Å². The molecule has 2 aliphatic rings. The Hall–Kier alpha value is -4.00. The lowest BCUT2D eigenvalue weighted by Crippen LogP contribution is -2.32. The molecule has 30 heavy (non-hydrogen) atoms. The molecule has 0 radical (unpaired) electrons. The van der Waals surface area contributed by atoms with Crippen LogP contribution in [0.1, 0.15) is 28.8 Å². The molecule has 0 saturated heterocycles. The standard InChI is InChI=1S/C23H16FN5O/c24-17-9-3-1-7-15(17)22-19-20(16-8-2-4-10-18(16)30-22)28-23-26-13-27-29(23)21(19)14-6-5-11-25-12-14/h1-13,21-22H,(H,26,27,28). The summed E-state index contributed by atoms with van der Waals surface area (Å²) in [5.74, 6) is 0.990. The molecule has 2 unspecified atom stereocenters. The Morgan fingerprint density at radius 1 is 1.00 bits per heavy atom. The summed E-state index contributed by atoms with van der Waals surface area (Å²) in [6.07, 6.45) is 4.40. The first-order chi connectivity index (χ1) is 14.8. The zero-order valence-electron chi connectivity index (χ0n) is 15.7. The molecule has 0 aliphatic carbocycles. The van der Waals surface area contributed by atoms with Crippen LogP contribution >= 0.6 is 0 Å². The number of nitrogens with one attached hydrogen (secondary N) is 1. The Balaban J connectivity index is 1.66. The van der Waals surface area contributed by atoms with E-state index in [1.165, 1.54) is 12.4 Å². The van der Waals surface area contributed by atoms with Gasteiger partial charge in [-0.2, -0.15) is 10.1 Å². The van der Waals surface area contributed by atoms with Crippen LogP contribution in [0.2, 0.25) is 0 Å². The van der Waals surface area contributed by atoms with Crippen molar-refractivity contribution in [1.29, 1.82) is 0 Å². The summed E-state index contributed by atoms with van der Waals surface area (Å²) >= 11 is 0. The summed E-state index contributed by atoms with van der Waals surface area (Å²) in [5, 5.41) is 7.84. The van der Waals surface area contributed by atoms with Crippen molar-refractivity contribution in [3.8, 4) is 5.75 Å². The van der Waals surface area contributed by atoms with E-state index in [0.29, 0.717) is 17.3 Å². The molecule has 0 amide bonds. The van der Waals surface area contributed by atoms with Crippen LogP contribution in [-0.4, -0.2) is 19.7 Å². The molecule has 2 aliphatic heterocycles. The van der Waals surface area contributed by atoms with Gasteiger partial charge in [0.25, 0.3) is 0 Å². The van der Waals surface area contributed by atoms with Crippen LogP contribution in [-0.2, 0) is 0 Å². The Labute approximate surface area is 171 Å². The van der Waals surface area contributed by atoms with Crippen molar-refractivity contribution in [2.45, 2.75) is 12.1 Å². The van der Waals surface area contributed by atoms with E-state index in [-0.39, 0.29) is 11.9 Å². The van der Waals surface area contributed by atoms with Crippen molar-refractivity contribution in [3.63, 3.8) is 0 Å². The number of hydrogen-bond donors (Lipinski definition) is 1. The Bertz CT molecular complexity index is 1280. The quantitative estimate of drug-likeness (QED) is 0.544. The minimum Gasteiger partial charge on any atom is -0.480 e. The number of pyridine rings is 1. The summed E-state index contributed by atoms with van der Waals surface area (Å²) in [6.45, 7) is 0. The van der Waals surface area contributed by atoms with Crippen LogP contribution in [0.25, 0.3) is 5.70 Å². The predicted molar refractivity (Wildman–Crippen MR) is 109 cm³/mol. The van der Waals surface area contributed by atoms with Crippen molar-refractivity contribution >= 4 is 11.6 Å². The number of benzene rings is 2. The van der Waals surface area contributed by atoms with E-state index < -0.39 is 6.10 Å². The molecule has 6 nitrogen and oxygen atoms in total. The maximum atomic E-state index is 14.9. The minimum atomic E-state index is -0.633. The molecule has 2 aromatic heterocycles. The molecular formula is C23H16FN5O. The van der Waals surface area contributed by atoms with Gasteiger partial charge in [-0.3, -0.25) is 4.98 Å². The molecule has 0 saturated carbocycles. The largest absolute Gasteiger partial charge is 0.480 e. The second-order valence-corrected chi connectivity index (χ2v) is 7.19. The molecule has 7 heteroatoms. The summed E-state index contributed by atoms with van der Waals surface area (Å²) in [7, 11) is 0. The van der Waals surface area contributed by atoms with Crippen molar-refractivity contribution < 1.29 is 9.13 Å². The van der Waals surface area contributed by atoms with Gasteiger partial charge in [-0.1, -0.05) is 36.4 Å². The number of rotatable bonds is 2. The summed E-state index contributed by atoms with van der Waals surface area (Å²) in [4.78, 5) is 8.68. The maximum Gasteiger partial charge on any atom is 0.226 e. The van der Waals surface area contributed by atoms with Crippen LogP contribution < -0.4 is 10.1 Å². The van der Waals surface area contributed by atoms with Crippen molar-refractivity contribution in [1.82, 2.24) is 19.7 Å². The average Bonchev–Trinajstić information content (AvgIpc) is 3.26. The normalized spacial score (nSPS) is 19.2. The number of para-hydroxylation sites is 1. The zero-order chi connectivity index (χ0) is 20.1. The SMILES string of the molecule is Fc1ccccc1C1Oc2ccccc2C2=C1C(c1cccnc1)n1ncnc1N2. The van der Waals surface area contributed by atoms with E-state index in [9.17, 15) is 4.39 Å². The molecule has 4 aromatic rings. The lowest BCUT2D eigenvalue weighted by Gasteiger charge is -2.38. The van der Waals surface area contributed by atoms with Crippen LogP contribution in [0.4, 0.5) is 10.3 Å². The van der Waals surface area contributed by atoms with E-state index in [0.717, 1.165) is 22.4 Å². The van der Waals surface area contributed by atoms with Gasteiger partial charge in [0, 0.05) is 29.1 Å². The molecule has 2 aromatic carbocycles. The number of halogens is 1. The highest BCUT2D eigenvalue weighted by molar-refractivity contribution is 5.85. The van der Waals surface area contributed by atoms with E-state index in [1.807, 2.05) is 42.5 Å². The Morgan fingerprint density at radius 2 is 1.87 bits per heavy atom. The highest BCUT2D eigenvalue weighted by atomic mass is 19.1. The first-order valence-corrected chi connectivity index (χ1v) is 9.62. The second-order valence-electron chi connectivity index (χ2n) is 7.19. The van der Waals surface area contributed by atoms with Gasteiger partial charge >= 0.3 is 0 Å². The smallest absolute Gasteiger partial charge is 0.226 e. The molecule has 2 atom stereocenters. The zero-order valence-corrected chi connectivity index (χ0v) is 15.7. The molecule has 6 rings (SSSR count).